The van der Waals surface area contributed by atoms with E-state index in [4.69, 9.17) is 4.74 Å². The van der Waals surface area contributed by atoms with Gasteiger partial charge < -0.3 is 15.4 Å². The zero-order chi connectivity index (χ0) is 16.7. The van der Waals surface area contributed by atoms with Crippen LogP contribution in [0.15, 0.2) is 42.7 Å². The molecule has 0 radical (unpaired) electrons. The molecule has 0 fully saturated rings. The predicted molar refractivity (Wildman–Crippen MR) is 85.6 cm³/mol. The van der Waals surface area contributed by atoms with Gasteiger partial charge >= 0.3 is 0 Å². The normalized spacial score (nSPS) is 11.8. The maximum atomic E-state index is 14.1. The van der Waals surface area contributed by atoms with Crippen molar-refractivity contribution in [2.75, 3.05) is 13.6 Å². The van der Waals surface area contributed by atoms with Crippen LogP contribution in [-0.4, -0.2) is 24.5 Å². The quantitative estimate of drug-likeness (QED) is 0.823. The highest BCUT2D eigenvalue weighted by Gasteiger charge is 2.12. The summed E-state index contributed by atoms with van der Waals surface area (Å²) in [5.74, 6) is -0.109. The molecule has 1 amide bonds. The van der Waals surface area contributed by atoms with E-state index in [2.05, 4.69) is 15.6 Å². The van der Waals surface area contributed by atoms with Crippen molar-refractivity contribution in [2.24, 2.45) is 5.92 Å². The minimum absolute atomic E-state index is 0.0737. The summed E-state index contributed by atoms with van der Waals surface area (Å²) in [6.07, 6.45) is 3.13. The molecular weight excluding hydrogens is 297 g/mol. The third kappa shape index (κ3) is 5.03. The number of carbonyl (C=O) groups excluding carboxylic acids is 1. The first-order chi connectivity index (χ1) is 11.1. The lowest BCUT2D eigenvalue weighted by Gasteiger charge is -2.12. The van der Waals surface area contributed by atoms with Crippen molar-refractivity contribution in [1.29, 1.82) is 0 Å². The van der Waals surface area contributed by atoms with Crippen LogP contribution in [0.1, 0.15) is 12.5 Å². The van der Waals surface area contributed by atoms with Crippen molar-refractivity contribution in [3.8, 4) is 11.5 Å². The first kappa shape index (κ1) is 16.9. The Morgan fingerprint density at radius 2 is 2.22 bits per heavy atom. The molecular formula is C17H20FN3O2. The van der Waals surface area contributed by atoms with Crippen molar-refractivity contribution >= 4 is 5.91 Å². The molecule has 0 bridgehead atoms. The fraction of sp³-hybridized carbons (Fsp3) is 0.294. The summed E-state index contributed by atoms with van der Waals surface area (Å²) in [6, 6.07) is 8.03. The van der Waals surface area contributed by atoms with Gasteiger partial charge in [0.15, 0.2) is 11.6 Å². The fourth-order valence-corrected chi connectivity index (χ4v) is 2.03. The molecule has 1 heterocycles. The van der Waals surface area contributed by atoms with E-state index in [1.165, 1.54) is 12.3 Å². The lowest BCUT2D eigenvalue weighted by Crippen LogP contribution is -2.33. The highest BCUT2D eigenvalue weighted by Crippen LogP contribution is 2.24. The molecule has 0 aliphatic carbocycles. The van der Waals surface area contributed by atoms with E-state index in [0.717, 1.165) is 0 Å². The standard InChI is InChI=1S/C17H20FN3O2/c1-12(9-19-2)17(22)21-10-13-5-6-16(15(18)8-13)23-14-4-3-7-20-11-14/h3-8,11-12,19H,9-10H2,1-2H3,(H,21,22). The monoisotopic (exact) mass is 317 g/mol. The molecule has 0 saturated carbocycles. The Labute approximate surface area is 134 Å². The van der Waals surface area contributed by atoms with Crippen molar-refractivity contribution in [3.63, 3.8) is 0 Å². The Morgan fingerprint density at radius 3 is 2.87 bits per heavy atom. The van der Waals surface area contributed by atoms with Crippen molar-refractivity contribution < 1.29 is 13.9 Å². The zero-order valence-corrected chi connectivity index (χ0v) is 13.2. The summed E-state index contributed by atoms with van der Waals surface area (Å²) >= 11 is 0. The van der Waals surface area contributed by atoms with Gasteiger partial charge in [0, 0.05) is 25.2 Å². The van der Waals surface area contributed by atoms with Crippen molar-refractivity contribution in [1.82, 2.24) is 15.6 Å². The molecule has 1 aromatic heterocycles. The molecule has 2 aromatic rings. The number of nitrogens with one attached hydrogen (secondary N) is 2. The topological polar surface area (TPSA) is 63.2 Å². The van der Waals surface area contributed by atoms with Crippen LogP contribution in [0, 0.1) is 11.7 Å². The third-order valence-corrected chi connectivity index (χ3v) is 3.28. The Bertz CT molecular complexity index is 650. The molecule has 0 saturated heterocycles. The van der Waals surface area contributed by atoms with Crippen LogP contribution in [0.4, 0.5) is 4.39 Å². The van der Waals surface area contributed by atoms with E-state index in [-0.39, 0.29) is 24.1 Å². The van der Waals surface area contributed by atoms with Crippen LogP contribution in [0.2, 0.25) is 0 Å². The Kier molecular flexibility index (Phi) is 6.05. The van der Waals surface area contributed by atoms with Crippen LogP contribution in [0.5, 0.6) is 11.5 Å². The van der Waals surface area contributed by atoms with Gasteiger partial charge in [-0.3, -0.25) is 9.78 Å². The van der Waals surface area contributed by atoms with Gasteiger partial charge in [-0.15, -0.1) is 0 Å². The minimum Gasteiger partial charge on any atom is -0.453 e. The largest absolute Gasteiger partial charge is 0.453 e. The molecule has 1 aromatic carbocycles. The van der Waals surface area contributed by atoms with Crippen LogP contribution < -0.4 is 15.4 Å². The summed E-state index contributed by atoms with van der Waals surface area (Å²) in [5, 5.41) is 5.73. The first-order valence-corrected chi connectivity index (χ1v) is 7.38. The molecule has 122 valence electrons. The molecule has 5 nitrogen and oxygen atoms in total. The minimum atomic E-state index is -0.483. The van der Waals surface area contributed by atoms with E-state index in [1.54, 1.807) is 37.5 Å². The number of rotatable bonds is 7. The summed E-state index contributed by atoms with van der Waals surface area (Å²) < 4.78 is 19.5. The van der Waals surface area contributed by atoms with Gasteiger partial charge in [0.1, 0.15) is 5.75 Å². The molecule has 0 aliphatic heterocycles. The first-order valence-electron chi connectivity index (χ1n) is 7.38. The number of ether oxygens (including phenoxy) is 1. The van der Waals surface area contributed by atoms with Gasteiger partial charge in [-0.2, -0.15) is 0 Å². The SMILES string of the molecule is CNCC(C)C(=O)NCc1ccc(Oc2cccnc2)c(F)c1. The molecule has 2 N–H and O–H groups in total. The average molecular weight is 317 g/mol. The van der Waals surface area contributed by atoms with Crippen LogP contribution >= 0.6 is 0 Å². The number of halogens is 1. The van der Waals surface area contributed by atoms with Gasteiger partial charge in [-0.25, -0.2) is 4.39 Å². The summed E-state index contributed by atoms with van der Waals surface area (Å²) in [5.41, 5.74) is 0.672. The van der Waals surface area contributed by atoms with E-state index in [0.29, 0.717) is 17.9 Å². The number of hydrogen-bond donors (Lipinski definition) is 2. The van der Waals surface area contributed by atoms with E-state index in [1.807, 2.05) is 6.92 Å². The van der Waals surface area contributed by atoms with E-state index in [9.17, 15) is 9.18 Å². The molecule has 23 heavy (non-hydrogen) atoms. The maximum absolute atomic E-state index is 14.1. The van der Waals surface area contributed by atoms with Crippen LogP contribution in [-0.2, 0) is 11.3 Å². The Morgan fingerprint density at radius 1 is 1.39 bits per heavy atom. The molecule has 1 atom stereocenters. The van der Waals surface area contributed by atoms with Crippen LogP contribution in [0.3, 0.4) is 0 Å². The van der Waals surface area contributed by atoms with Crippen molar-refractivity contribution in [3.05, 3.63) is 54.1 Å². The number of hydrogen-bond acceptors (Lipinski definition) is 4. The Balaban J connectivity index is 1.95. The molecule has 2 rings (SSSR count). The number of benzene rings is 1. The fourth-order valence-electron chi connectivity index (χ4n) is 2.03. The maximum Gasteiger partial charge on any atom is 0.224 e. The number of aromatic nitrogens is 1. The van der Waals surface area contributed by atoms with Gasteiger partial charge in [0.2, 0.25) is 5.91 Å². The van der Waals surface area contributed by atoms with Crippen molar-refractivity contribution in [2.45, 2.75) is 13.5 Å². The van der Waals surface area contributed by atoms with Gasteiger partial charge in [-0.05, 0) is 36.9 Å². The molecule has 0 aliphatic rings. The van der Waals surface area contributed by atoms with E-state index < -0.39 is 5.82 Å². The highest BCUT2D eigenvalue weighted by atomic mass is 19.1. The summed E-state index contributed by atoms with van der Waals surface area (Å²) in [7, 11) is 1.79. The lowest BCUT2D eigenvalue weighted by atomic mass is 10.1. The second-order valence-corrected chi connectivity index (χ2v) is 5.23. The highest BCUT2D eigenvalue weighted by molar-refractivity contribution is 5.78. The van der Waals surface area contributed by atoms with Gasteiger partial charge in [-0.1, -0.05) is 13.0 Å². The number of amides is 1. The zero-order valence-electron chi connectivity index (χ0n) is 13.2. The number of carbonyl (C=O) groups is 1. The van der Waals surface area contributed by atoms with Gasteiger partial charge in [0.25, 0.3) is 0 Å². The third-order valence-electron chi connectivity index (χ3n) is 3.28. The predicted octanol–water partition coefficient (Wildman–Crippen LogP) is 2.48. The Hall–Kier alpha value is -2.47. The summed E-state index contributed by atoms with van der Waals surface area (Å²) in [6.45, 7) is 2.70. The van der Waals surface area contributed by atoms with E-state index >= 15 is 0 Å². The lowest BCUT2D eigenvalue weighted by molar-refractivity contribution is -0.124. The van der Waals surface area contributed by atoms with Crippen LogP contribution in [0.25, 0.3) is 0 Å². The summed E-state index contributed by atoms with van der Waals surface area (Å²) in [4.78, 5) is 15.7. The number of nitrogens with zero attached hydrogens (tertiary/aromatic N) is 1. The second-order valence-electron chi connectivity index (χ2n) is 5.23. The second kappa shape index (κ2) is 8.24. The molecule has 1 unspecified atom stereocenters. The smallest absolute Gasteiger partial charge is 0.224 e. The molecule has 6 heteroatoms. The molecule has 0 spiro atoms. The van der Waals surface area contributed by atoms with Gasteiger partial charge in [0.05, 0.1) is 6.20 Å². The number of pyridine rings is 1. The average Bonchev–Trinajstić information content (AvgIpc) is 2.56.